The van der Waals surface area contributed by atoms with Crippen molar-refractivity contribution in [1.82, 2.24) is 19.4 Å². The third-order valence-corrected chi connectivity index (χ3v) is 15.9. The van der Waals surface area contributed by atoms with Crippen LogP contribution in [0.15, 0.2) is 30.3 Å². The van der Waals surface area contributed by atoms with Crippen molar-refractivity contribution < 1.29 is 38.0 Å². The number of nitrogens with zero attached hydrogens (tertiary/aromatic N) is 5. The van der Waals surface area contributed by atoms with E-state index in [1.165, 1.54) is 0 Å². The summed E-state index contributed by atoms with van der Waals surface area (Å²) in [6.45, 7) is 17.2. The number of carbonyl (C=O) groups is 2. The summed E-state index contributed by atoms with van der Waals surface area (Å²) in [6.07, 6.45) is 0.865. The van der Waals surface area contributed by atoms with Gasteiger partial charge >= 0.3 is 12.2 Å². The first-order valence-electron chi connectivity index (χ1n) is 22.7. The number of aryl methyl sites for hydroxylation is 1. The summed E-state index contributed by atoms with van der Waals surface area (Å²) in [4.78, 5) is 36.7. The van der Waals surface area contributed by atoms with E-state index in [2.05, 4.69) is 30.3 Å². The molecule has 6 heterocycles. The van der Waals surface area contributed by atoms with Crippen LogP contribution in [0.4, 0.5) is 14.0 Å². The maximum Gasteiger partial charge on any atom is 0.410 e. The van der Waals surface area contributed by atoms with E-state index in [4.69, 9.17) is 47.1 Å². The summed E-state index contributed by atoms with van der Waals surface area (Å²) in [5.74, 6) is -0.631. The van der Waals surface area contributed by atoms with Crippen LogP contribution in [0, 0.1) is 23.1 Å². The summed E-state index contributed by atoms with van der Waals surface area (Å²) in [6, 6.07) is 10.2. The van der Waals surface area contributed by atoms with Gasteiger partial charge in [-0.25, -0.2) is 19.0 Å². The second-order valence-corrected chi connectivity index (χ2v) is 26.6. The van der Waals surface area contributed by atoms with Gasteiger partial charge in [-0.3, -0.25) is 4.90 Å². The standard InChI is InChI=1S/C48H60Cl2FN5O7Si/c1-26-37(57)24-35(55(26)47(59)61-19-20-64(6,7)8)34-23-32-42(27(2)62-38-16-9-10-18-60-38)53-43-31(21-28(13-12-17-52)39(41(43)51)30-14-11-15-33(49)40(30)50)45(32)56(34)44-29-22-36(44)54(25-29)46(58)63-48(3,4)5/h11,14-15,21,23,26-27,29,35-38,44,57H,9-10,12-13,16,18-20,22,24-25H2,1-8H3/t26-,27-,29-,35-,36-,37+,38?,44+/m1/s1. The molecular weight excluding hydrogens is 877 g/mol. The molecule has 1 saturated carbocycles. The molecule has 9 rings (SSSR count). The van der Waals surface area contributed by atoms with Crippen molar-refractivity contribution in [1.29, 1.82) is 5.26 Å². The van der Waals surface area contributed by atoms with Gasteiger partial charge in [0.1, 0.15) is 17.2 Å². The zero-order chi connectivity index (χ0) is 46.0. The number of halogens is 3. The van der Waals surface area contributed by atoms with Gasteiger partial charge < -0.3 is 33.5 Å². The normalized spacial score (nSPS) is 25.1. The number of amides is 2. The van der Waals surface area contributed by atoms with Crippen LogP contribution in [-0.2, 0) is 25.4 Å². The molecule has 4 saturated heterocycles. The van der Waals surface area contributed by atoms with Crippen LogP contribution in [0.1, 0.15) is 108 Å². The van der Waals surface area contributed by atoms with Gasteiger partial charge in [0, 0.05) is 67.6 Å². The molecule has 2 amide bonds. The Labute approximate surface area is 385 Å². The highest BCUT2D eigenvalue weighted by Crippen LogP contribution is 2.55. The maximum atomic E-state index is 18.0. The van der Waals surface area contributed by atoms with Gasteiger partial charge in [0.05, 0.1) is 64.2 Å². The molecule has 1 unspecified atom stereocenters. The highest BCUT2D eigenvalue weighted by molar-refractivity contribution is 6.76. The number of aliphatic hydroxyl groups excluding tert-OH is 1. The average Bonchev–Trinajstić information content (AvgIpc) is 3.99. The van der Waals surface area contributed by atoms with Crippen LogP contribution in [0.5, 0.6) is 0 Å². The number of aromatic nitrogens is 2. The van der Waals surface area contributed by atoms with Crippen molar-refractivity contribution in [2.75, 3.05) is 19.8 Å². The molecule has 2 bridgehead atoms. The second kappa shape index (κ2) is 18.0. The fourth-order valence-corrected chi connectivity index (χ4v) is 11.2. The molecule has 12 nitrogen and oxygen atoms in total. The topological polar surface area (TPSA) is 139 Å². The predicted molar refractivity (Wildman–Crippen MR) is 248 cm³/mol. The number of likely N-dealkylation sites (tertiary alicyclic amines) is 1. The van der Waals surface area contributed by atoms with E-state index in [9.17, 15) is 20.0 Å². The summed E-state index contributed by atoms with van der Waals surface area (Å²) >= 11 is 13.4. The smallest absolute Gasteiger partial charge is 0.410 e. The Bertz CT molecular complexity index is 2490. The van der Waals surface area contributed by atoms with Gasteiger partial charge in [-0.15, -0.1) is 0 Å². The first kappa shape index (κ1) is 46.6. The Hall–Kier alpha value is -3.97. The van der Waals surface area contributed by atoms with Gasteiger partial charge in [-0.05, 0) is 96.5 Å². The molecule has 1 N–H and O–H groups in total. The number of hydrogen-bond donors (Lipinski definition) is 1. The average molecular weight is 937 g/mol. The third-order valence-electron chi connectivity index (χ3n) is 13.4. The van der Waals surface area contributed by atoms with Crippen molar-refractivity contribution in [3.8, 4) is 17.2 Å². The Morgan fingerprint density at radius 3 is 2.58 bits per heavy atom. The Balaban J connectivity index is 1.40. The van der Waals surface area contributed by atoms with Gasteiger partial charge in [-0.1, -0.05) is 55.0 Å². The van der Waals surface area contributed by atoms with Gasteiger partial charge in [-0.2, -0.15) is 5.26 Å². The first-order chi connectivity index (χ1) is 30.3. The van der Waals surface area contributed by atoms with Crippen LogP contribution >= 0.6 is 23.2 Å². The maximum absolute atomic E-state index is 18.0. The van der Waals surface area contributed by atoms with E-state index < -0.39 is 62.3 Å². The van der Waals surface area contributed by atoms with E-state index in [0.29, 0.717) is 58.4 Å². The number of fused-ring (bicyclic) bond motifs is 4. The molecule has 0 spiro atoms. The lowest BCUT2D eigenvalue weighted by Crippen LogP contribution is -2.45. The number of aliphatic hydroxyl groups is 1. The number of nitriles is 1. The second-order valence-electron chi connectivity index (χ2n) is 20.2. The number of carbonyl (C=O) groups excluding carboxylic acids is 2. The quantitative estimate of drug-likeness (QED) is 0.146. The Kier molecular flexibility index (Phi) is 13.1. The highest BCUT2D eigenvalue weighted by atomic mass is 35.5. The van der Waals surface area contributed by atoms with Gasteiger partial charge in [0.25, 0.3) is 0 Å². The summed E-state index contributed by atoms with van der Waals surface area (Å²) < 4.78 is 44.7. The molecule has 0 radical (unpaired) electrons. The first-order valence-corrected chi connectivity index (χ1v) is 27.1. The zero-order valence-electron chi connectivity index (χ0n) is 38.1. The molecule has 2 aromatic heterocycles. The van der Waals surface area contributed by atoms with Crippen LogP contribution < -0.4 is 0 Å². The third kappa shape index (κ3) is 8.85. The minimum Gasteiger partial charge on any atom is -0.450 e. The van der Waals surface area contributed by atoms with E-state index in [-0.39, 0.29) is 65.0 Å². The number of rotatable bonds is 11. The Morgan fingerprint density at radius 1 is 1.12 bits per heavy atom. The number of pyridine rings is 1. The number of ether oxygens (including phenoxy) is 4. The number of benzene rings is 2. The van der Waals surface area contributed by atoms with Gasteiger partial charge in [0.2, 0.25) is 0 Å². The molecule has 5 fully saturated rings. The lowest BCUT2D eigenvalue weighted by molar-refractivity contribution is -0.186. The van der Waals surface area contributed by atoms with E-state index >= 15 is 4.39 Å². The zero-order valence-corrected chi connectivity index (χ0v) is 40.6. The molecule has 8 atom stereocenters. The highest BCUT2D eigenvalue weighted by Gasteiger charge is 2.57. The summed E-state index contributed by atoms with van der Waals surface area (Å²) in [5.41, 5.74) is 2.32. The molecule has 5 aliphatic rings. The van der Waals surface area contributed by atoms with Crippen molar-refractivity contribution in [3.63, 3.8) is 0 Å². The summed E-state index contributed by atoms with van der Waals surface area (Å²) in [7, 11) is -1.55. The van der Waals surface area contributed by atoms with Crippen molar-refractivity contribution in [3.05, 3.63) is 63.1 Å². The van der Waals surface area contributed by atoms with Crippen molar-refractivity contribution in [2.24, 2.45) is 5.92 Å². The molecule has 4 aliphatic heterocycles. The minimum absolute atomic E-state index is 0.00353. The summed E-state index contributed by atoms with van der Waals surface area (Å²) in [5, 5.41) is 23.0. The molecular formula is C48H60Cl2FN5O7Si. The lowest BCUT2D eigenvalue weighted by Gasteiger charge is -2.40. The Morgan fingerprint density at radius 2 is 1.89 bits per heavy atom. The van der Waals surface area contributed by atoms with Crippen molar-refractivity contribution >= 4 is 65.3 Å². The molecule has 1 aliphatic carbocycles. The van der Waals surface area contributed by atoms with E-state index in [1.807, 2.05) is 46.8 Å². The van der Waals surface area contributed by atoms with E-state index in [0.717, 1.165) is 25.3 Å². The predicted octanol–water partition coefficient (Wildman–Crippen LogP) is 11.5. The van der Waals surface area contributed by atoms with Crippen molar-refractivity contribution in [2.45, 2.75) is 154 Å². The lowest BCUT2D eigenvalue weighted by atomic mass is 9.79. The van der Waals surface area contributed by atoms with Gasteiger partial charge in [0.15, 0.2) is 12.1 Å². The molecule has 16 heteroatoms. The van der Waals surface area contributed by atoms with Crippen LogP contribution in [0.25, 0.3) is 32.9 Å². The molecule has 64 heavy (non-hydrogen) atoms. The number of hydrogen-bond acceptors (Lipinski definition) is 9. The fourth-order valence-electron chi connectivity index (χ4n) is 10.1. The van der Waals surface area contributed by atoms with Crippen LogP contribution in [0.3, 0.4) is 0 Å². The fraction of sp³-hybridized carbons (Fsp3) is 0.583. The molecule has 2 aromatic carbocycles. The monoisotopic (exact) mass is 935 g/mol. The van der Waals surface area contributed by atoms with Crippen LogP contribution in [-0.4, -0.2) is 94.6 Å². The minimum atomic E-state index is -1.55. The van der Waals surface area contributed by atoms with E-state index in [1.54, 1.807) is 28.0 Å². The van der Waals surface area contributed by atoms with Crippen LogP contribution in [0.2, 0.25) is 35.7 Å². The molecule has 344 valence electrons. The SMILES string of the molecule is C[C@@H]1[C@@H](O)C[C@H](c2cc3c([C@@H](C)OC4CCCCO4)nc4c(F)c(-c5cccc(Cl)c5Cl)c(CCC#N)cc4c3n2[C@H]2[C@@H]3C[C@H]2N(C(=O)OC(C)(C)C)C3)N1C(=O)OCC[Si](C)(C)C. The largest absolute Gasteiger partial charge is 0.450 e. The molecule has 4 aromatic rings.